The predicted octanol–water partition coefficient (Wildman–Crippen LogP) is 2.33. The lowest BCUT2D eigenvalue weighted by molar-refractivity contribution is 0.0736. The second kappa shape index (κ2) is 6.33. The molecule has 0 bridgehead atoms. The number of nitrogens with zero attached hydrogens (tertiary/aromatic N) is 3. The van der Waals surface area contributed by atoms with Gasteiger partial charge in [0.15, 0.2) is 0 Å². The van der Waals surface area contributed by atoms with Crippen LogP contribution in [0.1, 0.15) is 44.1 Å². The Morgan fingerprint density at radius 1 is 1.32 bits per heavy atom. The zero-order chi connectivity index (χ0) is 13.8. The van der Waals surface area contributed by atoms with E-state index in [-0.39, 0.29) is 6.10 Å². The van der Waals surface area contributed by atoms with E-state index in [1.54, 1.807) is 0 Å². The second-order valence-corrected chi connectivity index (χ2v) is 5.61. The summed E-state index contributed by atoms with van der Waals surface area (Å²) in [4.78, 5) is 11.1. The molecule has 1 fully saturated rings. The third kappa shape index (κ3) is 3.66. The predicted molar refractivity (Wildman–Crippen MR) is 77.4 cm³/mol. The van der Waals surface area contributed by atoms with Gasteiger partial charge < -0.3 is 10.0 Å². The van der Waals surface area contributed by atoms with Gasteiger partial charge in [0.2, 0.25) is 0 Å². The fraction of sp³-hybridized carbons (Fsp3) is 0.733. The molecule has 1 aromatic rings. The smallest absolute Gasteiger partial charge is 0.132 e. The molecule has 19 heavy (non-hydrogen) atoms. The summed E-state index contributed by atoms with van der Waals surface area (Å²) in [6.07, 6.45) is 5.24. The lowest BCUT2D eigenvalue weighted by Gasteiger charge is -2.31. The molecule has 0 saturated heterocycles. The van der Waals surface area contributed by atoms with E-state index in [4.69, 9.17) is 0 Å². The maximum atomic E-state index is 10.1. The Labute approximate surface area is 115 Å². The Bertz CT molecular complexity index is 422. The number of rotatable bonds is 4. The van der Waals surface area contributed by atoms with E-state index in [0.717, 1.165) is 49.6 Å². The van der Waals surface area contributed by atoms with Gasteiger partial charge in [-0.05, 0) is 26.2 Å². The number of aryl methyl sites for hydroxylation is 2. The molecule has 1 heterocycles. The van der Waals surface area contributed by atoms with Gasteiger partial charge >= 0.3 is 0 Å². The quantitative estimate of drug-likeness (QED) is 0.906. The minimum atomic E-state index is -0.148. The molecule has 4 nitrogen and oxygen atoms in total. The topological polar surface area (TPSA) is 49.2 Å². The van der Waals surface area contributed by atoms with Crippen LogP contribution >= 0.6 is 0 Å². The van der Waals surface area contributed by atoms with Crippen molar-refractivity contribution >= 4 is 5.82 Å². The minimum absolute atomic E-state index is 0.148. The number of hydrogen-bond donors (Lipinski definition) is 1. The van der Waals surface area contributed by atoms with Crippen LogP contribution in [0.5, 0.6) is 0 Å². The van der Waals surface area contributed by atoms with Crippen molar-refractivity contribution in [2.24, 2.45) is 5.92 Å². The number of anilines is 1. The fourth-order valence-electron chi connectivity index (χ4n) is 2.84. The van der Waals surface area contributed by atoms with E-state index in [1.165, 1.54) is 6.42 Å². The fourth-order valence-corrected chi connectivity index (χ4v) is 2.84. The van der Waals surface area contributed by atoms with Crippen molar-refractivity contribution < 1.29 is 5.11 Å². The van der Waals surface area contributed by atoms with Gasteiger partial charge in [0, 0.05) is 31.3 Å². The lowest BCUT2D eigenvalue weighted by Crippen LogP contribution is -2.35. The molecule has 2 rings (SSSR count). The van der Waals surface area contributed by atoms with E-state index in [0.29, 0.717) is 5.92 Å². The molecule has 1 saturated carbocycles. The summed E-state index contributed by atoms with van der Waals surface area (Å²) in [6, 6.07) is 2.06. The van der Waals surface area contributed by atoms with Crippen LogP contribution in [0.4, 0.5) is 5.82 Å². The van der Waals surface area contributed by atoms with Crippen LogP contribution in [-0.4, -0.2) is 34.8 Å². The normalized spacial score (nSPS) is 23.4. The van der Waals surface area contributed by atoms with Gasteiger partial charge in [0.25, 0.3) is 0 Å². The van der Waals surface area contributed by atoms with Gasteiger partial charge in [-0.3, -0.25) is 0 Å². The summed E-state index contributed by atoms with van der Waals surface area (Å²) in [5.41, 5.74) is 1.08. The van der Waals surface area contributed by atoms with E-state index in [1.807, 2.05) is 6.92 Å². The number of aromatic nitrogens is 2. The highest BCUT2D eigenvalue weighted by atomic mass is 16.3. The third-order valence-corrected chi connectivity index (χ3v) is 4.01. The first-order valence-corrected chi connectivity index (χ1v) is 7.34. The summed E-state index contributed by atoms with van der Waals surface area (Å²) in [6.45, 7) is 4.92. The van der Waals surface area contributed by atoms with Gasteiger partial charge in [-0.1, -0.05) is 19.8 Å². The van der Waals surface area contributed by atoms with Crippen molar-refractivity contribution in [2.45, 2.75) is 52.1 Å². The Morgan fingerprint density at radius 3 is 2.74 bits per heavy atom. The maximum Gasteiger partial charge on any atom is 0.132 e. The molecule has 106 valence electrons. The first kappa shape index (κ1) is 14.3. The molecule has 1 aromatic heterocycles. The molecular weight excluding hydrogens is 238 g/mol. The molecule has 0 aliphatic heterocycles. The van der Waals surface area contributed by atoms with Crippen molar-refractivity contribution in [3.8, 4) is 0 Å². The monoisotopic (exact) mass is 263 g/mol. The van der Waals surface area contributed by atoms with Crippen LogP contribution in [0.25, 0.3) is 0 Å². The molecule has 2 atom stereocenters. The Balaban J connectivity index is 2.06. The highest BCUT2D eigenvalue weighted by molar-refractivity contribution is 5.39. The highest BCUT2D eigenvalue weighted by Crippen LogP contribution is 2.26. The van der Waals surface area contributed by atoms with Gasteiger partial charge in [-0.25, -0.2) is 9.97 Å². The molecular formula is C15H25N3O. The molecule has 0 aromatic carbocycles. The lowest BCUT2D eigenvalue weighted by atomic mass is 9.86. The van der Waals surface area contributed by atoms with Gasteiger partial charge in [-0.15, -0.1) is 0 Å². The average Bonchev–Trinajstić information content (AvgIpc) is 2.40. The van der Waals surface area contributed by atoms with Crippen LogP contribution in [0.3, 0.4) is 0 Å². The van der Waals surface area contributed by atoms with Crippen LogP contribution < -0.4 is 4.90 Å². The maximum absolute atomic E-state index is 10.1. The van der Waals surface area contributed by atoms with E-state index in [2.05, 4.69) is 34.9 Å². The highest BCUT2D eigenvalue weighted by Gasteiger charge is 2.24. The van der Waals surface area contributed by atoms with Crippen molar-refractivity contribution in [2.75, 3.05) is 18.5 Å². The Kier molecular flexibility index (Phi) is 4.75. The Hall–Kier alpha value is -1.16. The standard InChI is InChI=1S/C15H25N3O/c1-4-13-9-15(17-11(2)16-13)18(3)10-12-7-5-6-8-14(12)19/h9,12,14,19H,4-8,10H2,1-3H3. The third-order valence-electron chi connectivity index (χ3n) is 4.01. The number of hydrogen-bond acceptors (Lipinski definition) is 4. The molecule has 4 heteroatoms. The first-order valence-electron chi connectivity index (χ1n) is 7.34. The summed E-state index contributed by atoms with van der Waals surface area (Å²) in [5, 5.41) is 10.1. The molecule has 0 amide bonds. The van der Waals surface area contributed by atoms with Crippen molar-refractivity contribution in [1.82, 2.24) is 9.97 Å². The van der Waals surface area contributed by atoms with E-state index >= 15 is 0 Å². The second-order valence-electron chi connectivity index (χ2n) is 5.61. The SMILES string of the molecule is CCc1cc(N(C)CC2CCCCC2O)nc(C)n1. The van der Waals surface area contributed by atoms with Crippen LogP contribution in [0.15, 0.2) is 6.07 Å². The zero-order valence-corrected chi connectivity index (χ0v) is 12.3. The van der Waals surface area contributed by atoms with Crippen LogP contribution in [0.2, 0.25) is 0 Å². The summed E-state index contributed by atoms with van der Waals surface area (Å²) in [7, 11) is 2.06. The van der Waals surface area contributed by atoms with Crippen LogP contribution in [0, 0.1) is 12.8 Å². The number of aliphatic hydroxyl groups excluding tert-OH is 1. The summed E-state index contributed by atoms with van der Waals surface area (Å²) < 4.78 is 0. The molecule has 0 radical (unpaired) electrons. The van der Waals surface area contributed by atoms with Gasteiger partial charge in [-0.2, -0.15) is 0 Å². The molecule has 1 N–H and O–H groups in total. The minimum Gasteiger partial charge on any atom is -0.393 e. The largest absolute Gasteiger partial charge is 0.393 e. The van der Waals surface area contributed by atoms with E-state index in [9.17, 15) is 5.11 Å². The van der Waals surface area contributed by atoms with Crippen molar-refractivity contribution in [3.05, 3.63) is 17.6 Å². The molecule has 0 spiro atoms. The summed E-state index contributed by atoms with van der Waals surface area (Å²) in [5.74, 6) is 2.17. The average molecular weight is 263 g/mol. The van der Waals surface area contributed by atoms with Crippen LogP contribution in [-0.2, 0) is 6.42 Å². The summed E-state index contributed by atoms with van der Waals surface area (Å²) >= 11 is 0. The van der Waals surface area contributed by atoms with Crippen molar-refractivity contribution in [3.63, 3.8) is 0 Å². The van der Waals surface area contributed by atoms with Gasteiger partial charge in [0.1, 0.15) is 11.6 Å². The Morgan fingerprint density at radius 2 is 2.05 bits per heavy atom. The van der Waals surface area contributed by atoms with Gasteiger partial charge in [0.05, 0.1) is 6.10 Å². The first-order chi connectivity index (χ1) is 9.10. The molecule has 2 unspecified atom stereocenters. The zero-order valence-electron chi connectivity index (χ0n) is 12.3. The molecule has 1 aliphatic carbocycles. The molecule has 1 aliphatic rings. The van der Waals surface area contributed by atoms with E-state index < -0.39 is 0 Å². The number of aliphatic hydroxyl groups is 1. The van der Waals surface area contributed by atoms with Crippen molar-refractivity contribution in [1.29, 1.82) is 0 Å².